The highest BCUT2D eigenvalue weighted by Crippen LogP contribution is 2.20. The molecule has 1 fully saturated rings. The second-order valence-corrected chi connectivity index (χ2v) is 7.66. The van der Waals surface area contributed by atoms with Crippen LogP contribution in [0.1, 0.15) is 28.1 Å². The zero-order valence-electron chi connectivity index (χ0n) is 14.9. The molecule has 1 aliphatic rings. The first-order chi connectivity index (χ1) is 11.6. The fourth-order valence-corrected chi connectivity index (χ4v) is 4.12. The summed E-state index contributed by atoms with van der Waals surface area (Å²) < 4.78 is 5.51. The minimum Gasteiger partial charge on any atom is -0.494 e. The van der Waals surface area contributed by atoms with Gasteiger partial charge in [0, 0.05) is 44.1 Å². The van der Waals surface area contributed by atoms with Crippen LogP contribution in [-0.4, -0.2) is 47.6 Å². The van der Waals surface area contributed by atoms with Crippen LogP contribution >= 0.6 is 11.3 Å². The molecule has 2 heterocycles. The fourth-order valence-electron chi connectivity index (χ4n) is 3.14. The molecule has 0 aliphatic carbocycles. The van der Waals surface area contributed by atoms with Gasteiger partial charge in [-0.15, -0.1) is 11.3 Å². The Morgan fingerprint density at radius 1 is 1.00 bits per heavy atom. The molecule has 0 amide bonds. The zero-order chi connectivity index (χ0) is 16.9. The average Bonchev–Trinajstić information content (AvgIpc) is 2.89. The van der Waals surface area contributed by atoms with Crippen molar-refractivity contribution in [2.45, 2.75) is 33.9 Å². The highest BCUT2D eigenvalue weighted by molar-refractivity contribution is 7.11. The number of aryl methyl sites for hydroxylation is 2. The number of ether oxygens (including phenoxy) is 1. The predicted octanol–water partition coefficient (Wildman–Crippen LogP) is 3.48. The van der Waals surface area contributed by atoms with E-state index in [0.29, 0.717) is 0 Å². The van der Waals surface area contributed by atoms with E-state index in [9.17, 15) is 0 Å². The topological polar surface area (TPSA) is 28.6 Å². The van der Waals surface area contributed by atoms with Gasteiger partial charge in [-0.3, -0.25) is 9.80 Å². The minimum atomic E-state index is 0.722. The second-order valence-electron chi connectivity index (χ2n) is 6.37. The van der Waals surface area contributed by atoms with Crippen molar-refractivity contribution >= 4 is 11.3 Å². The van der Waals surface area contributed by atoms with Gasteiger partial charge >= 0.3 is 0 Å². The Kier molecular flexibility index (Phi) is 5.87. The van der Waals surface area contributed by atoms with Gasteiger partial charge in [-0.25, -0.2) is 4.98 Å². The first kappa shape index (κ1) is 17.4. The molecule has 1 aliphatic heterocycles. The van der Waals surface area contributed by atoms with Gasteiger partial charge in [0.2, 0.25) is 0 Å². The van der Waals surface area contributed by atoms with Crippen molar-refractivity contribution in [2.75, 3.05) is 32.8 Å². The molecule has 0 saturated carbocycles. The van der Waals surface area contributed by atoms with E-state index < -0.39 is 0 Å². The van der Waals surface area contributed by atoms with Gasteiger partial charge in [0.05, 0.1) is 17.3 Å². The SMILES string of the molecule is CCOc1ccc(CN2CCN(Cc3sc(C)nc3C)CC2)cc1. The summed E-state index contributed by atoms with van der Waals surface area (Å²) in [6.07, 6.45) is 0. The first-order valence-corrected chi connectivity index (χ1v) is 9.55. The maximum Gasteiger partial charge on any atom is 0.119 e. The van der Waals surface area contributed by atoms with Crippen molar-refractivity contribution in [1.29, 1.82) is 0 Å². The van der Waals surface area contributed by atoms with Crippen LogP contribution in [0.5, 0.6) is 5.75 Å². The van der Waals surface area contributed by atoms with Crippen molar-refractivity contribution in [1.82, 2.24) is 14.8 Å². The number of thiazole rings is 1. The highest BCUT2D eigenvalue weighted by atomic mass is 32.1. The number of hydrogen-bond acceptors (Lipinski definition) is 5. The van der Waals surface area contributed by atoms with E-state index in [1.54, 1.807) is 0 Å². The molecule has 0 unspecified atom stereocenters. The molecular formula is C19H27N3OS. The number of benzene rings is 1. The van der Waals surface area contributed by atoms with Crippen LogP contribution in [0.3, 0.4) is 0 Å². The normalized spacial score (nSPS) is 16.5. The average molecular weight is 346 g/mol. The van der Waals surface area contributed by atoms with E-state index in [-0.39, 0.29) is 0 Å². The molecule has 0 N–H and O–H groups in total. The van der Waals surface area contributed by atoms with Crippen molar-refractivity contribution in [3.05, 3.63) is 45.4 Å². The summed E-state index contributed by atoms with van der Waals surface area (Å²) in [5.41, 5.74) is 2.56. The lowest BCUT2D eigenvalue weighted by Gasteiger charge is -2.34. The van der Waals surface area contributed by atoms with E-state index in [1.807, 2.05) is 18.3 Å². The van der Waals surface area contributed by atoms with E-state index in [0.717, 1.165) is 51.6 Å². The van der Waals surface area contributed by atoms with Crippen LogP contribution in [0.15, 0.2) is 24.3 Å². The molecule has 130 valence electrons. The minimum absolute atomic E-state index is 0.722. The predicted molar refractivity (Wildman–Crippen MR) is 99.8 cm³/mol. The Morgan fingerprint density at radius 2 is 1.62 bits per heavy atom. The van der Waals surface area contributed by atoms with Crippen LogP contribution in [0.25, 0.3) is 0 Å². The third kappa shape index (κ3) is 4.56. The Labute approximate surface area is 149 Å². The molecule has 24 heavy (non-hydrogen) atoms. The standard InChI is InChI=1S/C19H27N3OS/c1-4-23-18-7-5-17(6-8-18)13-21-9-11-22(12-10-21)14-19-15(2)20-16(3)24-19/h5-8H,4,9-14H2,1-3H3. The number of piperazine rings is 1. The van der Waals surface area contributed by atoms with Crippen LogP contribution in [0.4, 0.5) is 0 Å². The van der Waals surface area contributed by atoms with Gasteiger partial charge < -0.3 is 4.74 Å². The van der Waals surface area contributed by atoms with E-state index in [1.165, 1.54) is 21.1 Å². The molecule has 5 heteroatoms. The van der Waals surface area contributed by atoms with Crippen LogP contribution < -0.4 is 4.74 Å². The Hall–Kier alpha value is -1.43. The molecule has 0 spiro atoms. The van der Waals surface area contributed by atoms with Gasteiger partial charge in [0.25, 0.3) is 0 Å². The van der Waals surface area contributed by atoms with E-state index >= 15 is 0 Å². The third-order valence-corrected chi connectivity index (χ3v) is 5.53. The van der Waals surface area contributed by atoms with E-state index in [4.69, 9.17) is 4.74 Å². The van der Waals surface area contributed by atoms with Crippen molar-refractivity contribution in [2.24, 2.45) is 0 Å². The summed E-state index contributed by atoms with van der Waals surface area (Å²) in [7, 11) is 0. The number of hydrogen-bond donors (Lipinski definition) is 0. The Balaban J connectivity index is 1.47. The molecule has 0 atom stereocenters. The van der Waals surface area contributed by atoms with Crippen LogP contribution in [-0.2, 0) is 13.1 Å². The van der Waals surface area contributed by atoms with Crippen molar-refractivity contribution in [3.63, 3.8) is 0 Å². The van der Waals surface area contributed by atoms with Gasteiger partial charge in [0.15, 0.2) is 0 Å². The van der Waals surface area contributed by atoms with Crippen LogP contribution in [0, 0.1) is 13.8 Å². The summed E-state index contributed by atoms with van der Waals surface area (Å²) in [6.45, 7) is 13.6. The van der Waals surface area contributed by atoms with Gasteiger partial charge in [0.1, 0.15) is 5.75 Å². The highest BCUT2D eigenvalue weighted by Gasteiger charge is 2.18. The van der Waals surface area contributed by atoms with Crippen LogP contribution in [0.2, 0.25) is 0 Å². The molecular weight excluding hydrogens is 318 g/mol. The third-order valence-electron chi connectivity index (χ3n) is 4.47. The molecule has 0 radical (unpaired) electrons. The Morgan fingerprint density at radius 3 is 2.17 bits per heavy atom. The fraction of sp³-hybridized carbons (Fsp3) is 0.526. The lowest BCUT2D eigenvalue weighted by atomic mass is 10.2. The van der Waals surface area contributed by atoms with Gasteiger partial charge in [-0.05, 0) is 38.5 Å². The monoisotopic (exact) mass is 345 g/mol. The maximum absolute atomic E-state index is 5.51. The Bertz CT molecular complexity index is 645. The quantitative estimate of drug-likeness (QED) is 0.801. The molecule has 2 aromatic rings. The van der Waals surface area contributed by atoms with Gasteiger partial charge in [-0.1, -0.05) is 12.1 Å². The smallest absolute Gasteiger partial charge is 0.119 e. The summed E-state index contributed by atoms with van der Waals surface area (Å²) in [5.74, 6) is 0.960. The number of rotatable bonds is 6. The van der Waals surface area contributed by atoms with Gasteiger partial charge in [-0.2, -0.15) is 0 Å². The molecule has 1 saturated heterocycles. The first-order valence-electron chi connectivity index (χ1n) is 8.73. The summed E-state index contributed by atoms with van der Waals surface area (Å²) in [5, 5.41) is 1.18. The zero-order valence-corrected chi connectivity index (χ0v) is 15.7. The summed E-state index contributed by atoms with van der Waals surface area (Å²) in [4.78, 5) is 11.1. The van der Waals surface area contributed by atoms with Crippen molar-refractivity contribution in [3.8, 4) is 5.75 Å². The largest absolute Gasteiger partial charge is 0.494 e. The summed E-state index contributed by atoms with van der Waals surface area (Å²) in [6, 6.07) is 8.51. The molecule has 3 rings (SSSR count). The molecule has 1 aromatic heterocycles. The number of nitrogens with zero attached hydrogens (tertiary/aromatic N) is 3. The lowest BCUT2D eigenvalue weighted by molar-refractivity contribution is 0.122. The molecule has 1 aromatic carbocycles. The lowest BCUT2D eigenvalue weighted by Crippen LogP contribution is -2.45. The molecule has 0 bridgehead atoms. The van der Waals surface area contributed by atoms with Crippen molar-refractivity contribution < 1.29 is 4.74 Å². The number of aromatic nitrogens is 1. The van der Waals surface area contributed by atoms with E-state index in [2.05, 4.69) is 52.9 Å². The molecule has 4 nitrogen and oxygen atoms in total. The summed E-state index contributed by atoms with van der Waals surface area (Å²) >= 11 is 1.84. The second kappa shape index (κ2) is 8.10. The maximum atomic E-state index is 5.51.